The monoisotopic (exact) mass is 254 g/mol. The van der Waals surface area contributed by atoms with Crippen LogP contribution in [0.3, 0.4) is 0 Å². The van der Waals surface area contributed by atoms with Crippen molar-refractivity contribution in [1.82, 2.24) is 19.8 Å². The molecule has 2 heterocycles. The molecule has 0 saturated heterocycles. The average molecular weight is 254 g/mol. The number of nitrogens with zero attached hydrogens (tertiary/aromatic N) is 5. The van der Waals surface area contributed by atoms with Gasteiger partial charge in [0.05, 0.1) is 0 Å². The van der Waals surface area contributed by atoms with Gasteiger partial charge in [0, 0.05) is 7.05 Å². The van der Waals surface area contributed by atoms with Crippen LogP contribution in [0.1, 0.15) is 39.3 Å². The van der Waals surface area contributed by atoms with Crippen molar-refractivity contribution in [3.05, 3.63) is 11.6 Å². The summed E-state index contributed by atoms with van der Waals surface area (Å²) in [6.07, 6.45) is 0. The van der Waals surface area contributed by atoms with E-state index in [1.54, 1.807) is 11.6 Å². The Morgan fingerprint density at radius 2 is 1.72 bits per heavy atom. The van der Waals surface area contributed by atoms with Crippen LogP contribution in [0.15, 0.2) is 0 Å². The lowest BCUT2D eigenvalue weighted by atomic mass is 9.84. The quantitative estimate of drug-likeness (QED) is 0.565. The molecule has 7 nitrogen and oxygen atoms in total. The maximum atomic E-state index is 10.3. The van der Waals surface area contributed by atoms with Crippen LogP contribution in [-0.4, -0.2) is 51.9 Å². The first-order valence-corrected chi connectivity index (χ1v) is 5.84. The van der Waals surface area contributed by atoms with E-state index in [1.165, 1.54) is 0 Å². The number of hydrogen-bond donors (Lipinski definition) is 2. The van der Waals surface area contributed by atoms with E-state index in [9.17, 15) is 10.4 Å². The predicted molar refractivity (Wildman–Crippen MR) is 63.7 cm³/mol. The van der Waals surface area contributed by atoms with Crippen molar-refractivity contribution in [3.8, 4) is 0 Å². The molecule has 0 aliphatic carbocycles. The van der Waals surface area contributed by atoms with Crippen molar-refractivity contribution in [2.45, 2.75) is 45.7 Å². The van der Waals surface area contributed by atoms with Gasteiger partial charge in [-0.05, 0) is 34.6 Å². The molecule has 0 saturated carbocycles. The molecule has 0 fully saturated rings. The van der Waals surface area contributed by atoms with Gasteiger partial charge in [-0.15, -0.1) is 15.3 Å². The SMILES string of the molecule is Cc1nnc(C2=[N+](O)C(C)(C)C(C)(C)N2O)n1C. The number of aryl methyl sites for hydroxylation is 1. The van der Waals surface area contributed by atoms with Crippen LogP contribution in [0.2, 0.25) is 0 Å². The highest BCUT2D eigenvalue weighted by molar-refractivity contribution is 5.92. The van der Waals surface area contributed by atoms with E-state index in [0.717, 1.165) is 9.80 Å². The Kier molecular flexibility index (Phi) is 2.45. The van der Waals surface area contributed by atoms with Gasteiger partial charge in [-0.25, -0.2) is 5.21 Å². The normalized spacial score (nSPS) is 21.8. The number of aromatic nitrogens is 3. The molecular weight excluding hydrogens is 234 g/mol. The molecule has 0 amide bonds. The summed E-state index contributed by atoms with van der Waals surface area (Å²) < 4.78 is 2.77. The second kappa shape index (κ2) is 3.44. The molecule has 1 aliphatic heterocycles. The number of amidine groups is 1. The molecule has 1 aromatic rings. The standard InChI is InChI=1S/C11H20N5O2/c1-7-12-13-8(14(7)6)9-15(17)10(2,3)11(4,5)16(9)18/h17-18H,1-6H3/q+1. The lowest BCUT2D eigenvalue weighted by Crippen LogP contribution is -2.54. The molecule has 2 N–H and O–H groups in total. The van der Waals surface area contributed by atoms with Crippen LogP contribution in [0.4, 0.5) is 0 Å². The van der Waals surface area contributed by atoms with Gasteiger partial charge in [-0.1, -0.05) is 4.74 Å². The predicted octanol–water partition coefficient (Wildman–Crippen LogP) is 0.534. The van der Waals surface area contributed by atoms with E-state index in [4.69, 9.17) is 0 Å². The molecule has 0 radical (unpaired) electrons. The average Bonchev–Trinajstić information content (AvgIpc) is 2.64. The number of hydroxylamine groups is 3. The summed E-state index contributed by atoms with van der Waals surface area (Å²) in [7, 11) is 1.79. The minimum atomic E-state index is -0.656. The maximum Gasteiger partial charge on any atom is 0.387 e. The van der Waals surface area contributed by atoms with Crippen LogP contribution in [0, 0.1) is 6.92 Å². The van der Waals surface area contributed by atoms with Crippen LogP contribution < -0.4 is 0 Å². The lowest BCUT2D eigenvalue weighted by Gasteiger charge is -2.29. The van der Waals surface area contributed by atoms with Crippen molar-refractivity contribution in [2.75, 3.05) is 0 Å². The minimum Gasteiger partial charge on any atom is -0.354 e. The van der Waals surface area contributed by atoms with E-state index >= 15 is 0 Å². The van der Waals surface area contributed by atoms with Gasteiger partial charge in [-0.3, -0.25) is 0 Å². The fourth-order valence-corrected chi connectivity index (χ4v) is 1.93. The van der Waals surface area contributed by atoms with E-state index in [-0.39, 0.29) is 5.84 Å². The molecule has 100 valence electrons. The smallest absolute Gasteiger partial charge is 0.354 e. The first-order chi connectivity index (χ1) is 8.12. The summed E-state index contributed by atoms with van der Waals surface area (Å²) in [6.45, 7) is 9.23. The Morgan fingerprint density at radius 3 is 2.06 bits per heavy atom. The van der Waals surface area contributed by atoms with Gasteiger partial charge in [0.15, 0.2) is 11.1 Å². The second-order valence-corrected chi connectivity index (χ2v) is 5.70. The van der Waals surface area contributed by atoms with Crippen molar-refractivity contribution in [2.24, 2.45) is 7.05 Å². The zero-order valence-electron chi connectivity index (χ0n) is 11.6. The minimum absolute atomic E-state index is 0.244. The molecular formula is C11H20N5O2+. The zero-order valence-corrected chi connectivity index (χ0v) is 11.6. The molecule has 0 spiro atoms. The molecule has 18 heavy (non-hydrogen) atoms. The Balaban J connectivity index is 2.65. The molecule has 0 aromatic carbocycles. The summed E-state index contributed by atoms with van der Waals surface area (Å²) in [5.41, 5.74) is -1.31. The van der Waals surface area contributed by atoms with Crippen LogP contribution >= 0.6 is 0 Å². The first-order valence-electron chi connectivity index (χ1n) is 5.84. The fourth-order valence-electron chi connectivity index (χ4n) is 1.93. The van der Waals surface area contributed by atoms with Crippen molar-refractivity contribution in [1.29, 1.82) is 0 Å². The Bertz CT molecular complexity index is 530. The zero-order chi connectivity index (χ0) is 13.9. The number of rotatable bonds is 1. The highest BCUT2D eigenvalue weighted by atomic mass is 16.5. The molecule has 1 aromatic heterocycles. The van der Waals surface area contributed by atoms with Crippen LogP contribution in [-0.2, 0) is 7.05 Å². The van der Waals surface area contributed by atoms with Crippen molar-refractivity contribution < 1.29 is 15.2 Å². The van der Waals surface area contributed by atoms with E-state index in [2.05, 4.69) is 10.2 Å². The highest BCUT2D eigenvalue weighted by Crippen LogP contribution is 2.36. The van der Waals surface area contributed by atoms with Crippen LogP contribution in [0.5, 0.6) is 0 Å². The van der Waals surface area contributed by atoms with Gasteiger partial charge in [0.2, 0.25) is 0 Å². The molecule has 0 unspecified atom stereocenters. The molecule has 7 heteroatoms. The summed E-state index contributed by atoms with van der Waals surface area (Å²) in [6, 6.07) is 0. The third kappa shape index (κ3) is 1.30. The molecule has 1 aliphatic rings. The highest BCUT2D eigenvalue weighted by Gasteiger charge is 2.63. The Morgan fingerprint density at radius 1 is 1.17 bits per heavy atom. The molecule has 0 bridgehead atoms. The Labute approximate surface area is 106 Å². The van der Waals surface area contributed by atoms with Gasteiger partial charge in [-0.2, -0.15) is 0 Å². The maximum absolute atomic E-state index is 10.3. The van der Waals surface area contributed by atoms with Gasteiger partial charge >= 0.3 is 5.84 Å². The van der Waals surface area contributed by atoms with Crippen molar-refractivity contribution >= 4 is 5.84 Å². The molecule has 2 rings (SSSR count). The van der Waals surface area contributed by atoms with Crippen molar-refractivity contribution in [3.63, 3.8) is 0 Å². The van der Waals surface area contributed by atoms with E-state index in [0.29, 0.717) is 11.6 Å². The Hall–Kier alpha value is -1.63. The molecule has 0 atom stereocenters. The van der Waals surface area contributed by atoms with Crippen LogP contribution in [0.25, 0.3) is 0 Å². The third-order valence-electron chi connectivity index (χ3n) is 4.25. The third-order valence-corrected chi connectivity index (χ3v) is 4.25. The van der Waals surface area contributed by atoms with Gasteiger partial charge < -0.3 is 9.77 Å². The van der Waals surface area contributed by atoms with Gasteiger partial charge in [0.1, 0.15) is 5.82 Å². The summed E-state index contributed by atoms with van der Waals surface area (Å²) >= 11 is 0. The van der Waals surface area contributed by atoms with E-state index < -0.39 is 11.1 Å². The largest absolute Gasteiger partial charge is 0.387 e. The number of hydrogen-bond acceptors (Lipinski definition) is 5. The summed E-state index contributed by atoms with van der Waals surface area (Å²) in [4.78, 5) is 0. The topological polar surface area (TPSA) is 77.4 Å². The van der Waals surface area contributed by atoms with Gasteiger partial charge in [0.25, 0.3) is 5.82 Å². The first kappa shape index (κ1) is 12.8. The summed E-state index contributed by atoms with van der Waals surface area (Å²) in [5, 5.41) is 29.6. The fraction of sp³-hybridized carbons (Fsp3) is 0.727. The van der Waals surface area contributed by atoms with E-state index in [1.807, 2.05) is 34.6 Å². The second-order valence-electron chi connectivity index (χ2n) is 5.70. The lowest BCUT2D eigenvalue weighted by molar-refractivity contribution is -0.820. The summed E-state index contributed by atoms with van der Waals surface area (Å²) in [5.74, 6) is 1.38.